The maximum absolute atomic E-state index is 11.6. The summed E-state index contributed by atoms with van der Waals surface area (Å²) in [6.45, 7) is 6.29. The van der Waals surface area contributed by atoms with E-state index in [-0.39, 0.29) is 5.60 Å². The van der Waals surface area contributed by atoms with Gasteiger partial charge >= 0.3 is 0 Å². The van der Waals surface area contributed by atoms with Gasteiger partial charge in [0.25, 0.3) is 0 Å². The molecule has 0 bridgehead atoms. The van der Waals surface area contributed by atoms with Gasteiger partial charge in [-0.25, -0.2) is 0 Å². The fraction of sp³-hybridized carbons (Fsp3) is 0.933. The van der Waals surface area contributed by atoms with Crippen LogP contribution in [-0.4, -0.2) is 18.5 Å². The van der Waals surface area contributed by atoms with Crippen molar-refractivity contribution in [2.24, 2.45) is 0 Å². The summed E-state index contributed by atoms with van der Waals surface area (Å²) >= 11 is 0. The lowest BCUT2D eigenvalue weighted by Crippen LogP contribution is -2.23. The van der Waals surface area contributed by atoms with Crippen LogP contribution in [0, 0.1) is 0 Å². The van der Waals surface area contributed by atoms with Crippen LogP contribution in [0.1, 0.15) is 78.6 Å². The molecule has 0 aromatic heterocycles. The molecule has 102 valence electrons. The molecule has 0 rings (SSSR count). The summed E-state index contributed by atoms with van der Waals surface area (Å²) in [6, 6.07) is 0. The molecule has 2 heteroatoms. The van der Waals surface area contributed by atoms with E-state index in [9.17, 15) is 4.79 Å². The second-order valence-corrected chi connectivity index (χ2v) is 5.52. The van der Waals surface area contributed by atoms with Crippen molar-refractivity contribution in [2.45, 2.75) is 84.2 Å². The fourth-order valence-corrected chi connectivity index (χ4v) is 1.77. The van der Waals surface area contributed by atoms with Crippen LogP contribution in [0.15, 0.2) is 0 Å². The summed E-state index contributed by atoms with van der Waals surface area (Å²) in [5.41, 5.74) is -0.156. The molecule has 0 spiro atoms. The Kier molecular flexibility index (Phi) is 9.43. The lowest BCUT2D eigenvalue weighted by Gasteiger charge is -2.22. The molecule has 0 N–H and O–H groups in total. The summed E-state index contributed by atoms with van der Waals surface area (Å²) < 4.78 is 5.31. The van der Waals surface area contributed by atoms with E-state index < -0.39 is 0 Å². The van der Waals surface area contributed by atoms with Gasteiger partial charge < -0.3 is 4.74 Å². The predicted molar refractivity (Wildman–Crippen MR) is 73.3 cm³/mol. The van der Waals surface area contributed by atoms with Crippen LogP contribution in [0.5, 0.6) is 0 Å². The maximum Gasteiger partial charge on any atom is 0.133 e. The monoisotopic (exact) mass is 242 g/mol. The van der Waals surface area contributed by atoms with Gasteiger partial charge in [-0.05, 0) is 26.7 Å². The smallest absolute Gasteiger partial charge is 0.133 e. The Balaban J connectivity index is 3.41. The van der Waals surface area contributed by atoms with E-state index >= 15 is 0 Å². The highest BCUT2D eigenvalue weighted by Crippen LogP contribution is 2.17. The van der Waals surface area contributed by atoms with Crippen molar-refractivity contribution >= 4 is 5.78 Å². The van der Waals surface area contributed by atoms with E-state index in [1.54, 1.807) is 7.11 Å². The van der Waals surface area contributed by atoms with Crippen molar-refractivity contribution in [3.63, 3.8) is 0 Å². The number of ketones is 1. The molecular weight excluding hydrogens is 212 g/mol. The molecule has 0 aliphatic heterocycles. The molecule has 0 aromatic rings. The van der Waals surface area contributed by atoms with Gasteiger partial charge in [-0.2, -0.15) is 0 Å². The van der Waals surface area contributed by atoms with E-state index in [1.807, 2.05) is 13.8 Å². The Morgan fingerprint density at radius 1 is 1.00 bits per heavy atom. The van der Waals surface area contributed by atoms with Crippen molar-refractivity contribution in [1.82, 2.24) is 0 Å². The largest absolute Gasteiger partial charge is 0.379 e. The van der Waals surface area contributed by atoms with Gasteiger partial charge in [0.1, 0.15) is 5.78 Å². The van der Waals surface area contributed by atoms with Crippen LogP contribution in [-0.2, 0) is 9.53 Å². The minimum absolute atomic E-state index is 0.156. The van der Waals surface area contributed by atoms with Gasteiger partial charge in [-0.3, -0.25) is 4.79 Å². The molecule has 0 atom stereocenters. The molecule has 0 aromatic carbocycles. The van der Waals surface area contributed by atoms with E-state index in [4.69, 9.17) is 4.74 Å². The van der Waals surface area contributed by atoms with E-state index in [1.165, 1.54) is 32.1 Å². The minimum Gasteiger partial charge on any atom is -0.379 e. The third kappa shape index (κ3) is 10.5. The third-order valence-electron chi connectivity index (χ3n) is 3.37. The standard InChI is InChI=1S/C15H30O2/c1-5-6-7-8-9-10-11-14(16)12-13-15(2,3)17-4/h5-13H2,1-4H3. The van der Waals surface area contributed by atoms with Gasteiger partial charge in [0, 0.05) is 20.0 Å². The van der Waals surface area contributed by atoms with E-state index in [0.717, 1.165) is 19.3 Å². The molecule has 17 heavy (non-hydrogen) atoms. The fourth-order valence-electron chi connectivity index (χ4n) is 1.77. The van der Waals surface area contributed by atoms with Crippen molar-refractivity contribution < 1.29 is 9.53 Å². The number of unbranched alkanes of at least 4 members (excludes halogenated alkanes) is 5. The van der Waals surface area contributed by atoms with Gasteiger partial charge in [-0.15, -0.1) is 0 Å². The molecule has 0 aliphatic carbocycles. The van der Waals surface area contributed by atoms with Crippen LogP contribution in [0.4, 0.5) is 0 Å². The van der Waals surface area contributed by atoms with E-state index in [2.05, 4.69) is 6.92 Å². The maximum atomic E-state index is 11.6. The topological polar surface area (TPSA) is 26.3 Å². The summed E-state index contributed by atoms with van der Waals surface area (Å²) in [5.74, 6) is 0.394. The zero-order valence-corrected chi connectivity index (χ0v) is 12.2. The van der Waals surface area contributed by atoms with Gasteiger partial charge in [0.05, 0.1) is 5.60 Å². The number of carbonyl (C=O) groups excluding carboxylic acids is 1. The second-order valence-electron chi connectivity index (χ2n) is 5.52. The van der Waals surface area contributed by atoms with Crippen LogP contribution in [0.25, 0.3) is 0 Å². The molecular formula is C15H30O2. The van der Waals surface area contributed by atoms with Gasteiger partial charge in [-0.1, -0.05) is 39.0 Å². The Bertz CT molecular complexity index is 197. The van der Waals surface area contributed by atoms with Crippen LogP contribution >= 0.6 is 0 Å². The van der Waals surface area contributed by atoms with Crippen molar-refractivity contribution in [2.75, 3.05) is 7.11 Å². The van der Waals surface area contributed by atoms with Crippen molar-refractivity contribution in [1.29, 1.82) is 0 Å². The quantitative estimate of drug-likeness (QED) is 0.498. The van der Waals surface area contributed by atoms with Crippen molar-refractivity contribution in [3.8, 4) is 0 Å². The molecule has 0 saturated carbocycles. The Labute approximate surface area is 107 Å². The Morgan fingerprint density at radius 3 is 2.18 bits per heavy atom. The minimum atomic E-state index is -0.156. The number of carbonyl (C=O) groups is 1. The zero-order chi connectivity index (χ0) is 13.1. The first-order valence-electron chi connectivity index (χ1n) is 7.08. The molecule has 2 nitrogen and oxygen atoms in total. The van der Waals surface area contributed by atoms with Crippen LogP contribution in [0.3, 0.4) is 0 Å². The highest BCUT2D eigenvalue weighted by Gasteiger charge is 2.17. The summed E-state index contributed by atoms with van der Waals surface area (Å²) in [6.07, 6.45) is 9.74. The number of ether oxygens (including phenoxy) is 1. The molecule has 0 radical (unpaired) electrons. The van der Waals surface area contributed by atoms with Gasteiger partial charge in [0.15, 0.2) is 0 Å². The number of rotatable bonds is 11. The average Bonchev–Trinajstić information content (AvgIpc) is 2.31. The molecule has 0 heterocycles. The molecule has 0 saturated heterocycles. The van der Waals surface area contributed by atoms with Crippen molar-refractivity contribution in [3.05, 3.63) is 0 Å². The van der Waals surface area contributed by atoms with Gasteiger partial charge in [0.2, 0.25) is 0 Å². The average molecular weight is 242 g/mol. The lowest BCUT2D eigenvalue weighted by atomic mass is 9.98. The normalized spacial score (nSPS) is 11.8. The first kappa shape index (κ1) is 16.6. The highest BCUT2D eigenvalue weighted by atomic mass is 16.5. The second kappa shape index (κ2) is 9.64. The summed E-state index contributed by atoms with van der Waals surface area (Å²) in [5, 5.41) is 0. The molecule has 0 unspecified atom stereocenters. The van der Waals surface area contributed by atoms with Crippen LogP contribution < -0.4 is 0 Å². The molecule has 0 amide bonds. The SMILES string of the molecule is CCCCCCCCC(=O)CCC(C)(C)OC. The molecule has 0 aliphatic rings. The Morgan fingerprint density at radius 2 is 1.59 bits per heavy atom. The predicted octanol–water partition coefficient (Wildman–Crippen LogP) is 4.51. The number of hydrogen-bond acceptors (Lipinski definition) is 2. The summed E-state index contributed by atoms with van der Waals surface area (Å²) in [7, 11) is 1.71. The number of Topliss-reactive ketones (excluding diaryl/α,β-unsaturated/α-hetero) is 1. The zero-order valence-electron chi connectivity index (χ0n) is 12.2. The molecule has 0 fully saturated rings. The summed E-state index contributed by atoms with van der Waals surface area (Å²) in [4.78, 5) is 11.6. The number of methoxy groups -OCH3 is 1. The highest BCUT2D eigenvalue weighted by molar-refractivity contribution is 5.78. The van der Waals surface area contributed by atoms with E-state index in [0.29, 0.717) is 12.2 Å². The lowest BCUT2D eigenvalue weighted by molar-refractivity contribution is -0.120. The third-order valence-corrected chi connectivity index (χ3v) is 3.37. The Hall–Kier alpha value is -0.370. The number of hydrogen-bond donors (Lipinski definition) is 0. The first-order chi connectivity index (χ1) is 8.02. The first-order valence-corrected chi connectivity index (χ1v) is 7.08. The van der Waals surface area contributed by atoms with Crippen LogP contribution in [0.2, 0.25) is 0 Å².